The van der Waals surface area contributed by atoms with Gasteiger partial charge in [0.2, 0.25) is 0 Å². The maximum absolute atomic E-state index is 10.2. The molecule has 0 fully saturated rings. The third-order valence-corrected chi connectivity index (χ3v) is 4.21. The van der Waals surface area contributed by atoms with Crippen LogP contribution in [0.4, 0.5) is 0 Å². The van der Waals surface area contributed by atoms with Gasteiger partial charge in [0, 0.05) is 16.5 Å². The van der Waals surface area contributed by atoms with Gasteiger partial charge in [-0.3, -0.25) is 0 Å². The fourth-order valence-corrected chi connectivity index (χ4v) is 2.98. The van der Waals surface area contributed by atoms with E-state index in [9.17, 15) is 5.11 Å². The molecule has 0 bridgehead atoms. The fourth-order valence-electron chi connectivity index (χ4n) is 2.64. The van der Waals surface area contributed by atoms with Gasteiger partial charge in [-0.2, -0.15) is 0 Å². The topological polar surface area (TPSA) is 29.5 Å². The van der Waals surface area contributed by atoms with Crippen molar-refractivity contribution in [3.63, 3.8) is 0 Å². The molecule has 0 saturated carbocycles. The molecule has 1 aliphatic heterocycles. The first-order valence-corrected chi connectivity index (χ1v) is 7.70. The molecule has 0 amide bonds. The zero-order valence-electron chi connectivity index (χ0n) is 11.1. The Morgan fingerprint density at radius 2 is 1.95 bits per heavy atom. The first kappa shape index (κ1) is 13.7. The summed E-state index contributed by atoms with van der Waals surface area (Å²) in [7, 11) is 0. The summed E-state index contributed by atoms with van der Waals surface area (Å²) in [5, 5.41) is 10.2. The fraction of sp³-hybridized carbons (Fsp3) is 0.294. The molecule has 20 heavy (non-hydrogen) atoms. The van der Waals surface area contributed by atoms with Crippen molar-refractivity contribution in [2.24, 2.45) is 0 Å². The molecule has 2 atom stereocenters. The number of aryl methyl sites for hydroxylation is 1. The van der Waals surface area contributed by atoms with Crippen LogP contribution in [0.1, 0.15) is 30.1 Å². The number of benzene rings is 2. The molecular weight excluding hydrogens is 316 g/mol. The molecule has 2 aromatic carbocycles. The van der Waals surface area contributed by atoms with E-state index in [4.69, 9.17) is 4.74 Å². The second-order valence-corrected chi connectivity index (χ2v) is 6.11. The van der Waals surface area contributed by atoms with Gasteiger partial charge in [0.05, 0.1) is 6.10 Å². The molecular formula is C17H17BrO2. The molecule has 0 aromatic heterocycles. The molecule has 104 valence electrons. The van der Waals surface area contributed by atoms with Gasteiger partial charge in [-0.05, 0) is 30.5 Å². The maximum atomic E-state index is 10.2. The molecule has 0 radical (unpaired) electrons. The van der Waals surface area contributed by atoms with Gasteiger partial charge in [-0.15, -0.1) is 0 Å². The van der Waals surface area contributed by atoms with Gasteiger partial charge < -0.3 is 9.84 Å². The number of aliphatic hydroxyl groups is 1. The summed E-state index contributed by atoms with van der Waals surface area (Å²) < 4.78 is 6.99. The molecule has 3 heteroatoms. The van der Waals surface area contributed by atoms with Crippen LogP contribution in [0.3, 0.4) is 0 Å². The number of halogens is 1. The van der Waals surface area contributed by atoms with E-state index in [1.54, 1.807) is 0 Å². The number of fused-ring (bicyclic) bond motifs is 1. The lowest BCUT2D eigenvalue weighted by Gasteiger charge is -2.29. The van der Waals surface area contributed by atoms with Crippen molar-refractivity contribution in [1.82, 2.24) is 0 Å². The SMILES string of the molecule is OC1CC(CCc2ccccc2)Oc2cc(Br)ccc21. The van der Waals surface area contributed by atoms with Crippen LogP contribution < -0.4 is 4.74 Å². The summed E-state index contributed by atoms with van der Waals surface area (Å²) in [5.41, 5.74) is 2.20. The van der Waals surface area contributed by atoms with Gasteiger partial charge in [-0.1, -0.05) is 52.3 Å². The van der Waals surface area contributed by atoms with Crippen molar-refractivity contribution >= 4 is 15.9 Å². The van der Waals surface area contributed by atoms with E-state index >= 15 is 0 Å². The number of aliphatic hydroxyl groups excluding tert-OH is 1. The lowest BCUT2D eigenvalue weighted by Crippen LogP contribution is -2.26. The summed E-state index contributed by atoms with van der Waals surface area (Å²) in [4.78, 5) is 0. The largest absolute Gasteiger partial charge is 0.490 e. The molecule has 0 spiro atoms. The second-order valence-electron chi connectivity index (χ2n) is 5.20. The van der Waals surface area contributed by atoms with Gasteiger partial charge >= 0.3 is 0 Å². The summed E-state index contributed by atoms with van der Waals surface area (Å²) in [5.74, 6) is 0.802. The summed E-state index contributed by atoms with van der Waals surface area (Å²) >= 11 is 3.44. The Balaban J connectivity index is 1.68. The molecule has 2 unspecified atom stereocenters. The van der Waals surface area contributed by atoms with E-state index in [-0.39, 0.29) is 6.10 Å². The predicted octanol–water partition coefficient (Wildman–Crippen LogP) is 4.27. The third-order valence-electron chi connectivity index (χ3n) is 3.71. The summed E-state index contributed by atoms with van der Waals surface area (Å²) in [6.45, 7) is 0. The van der Waals surface area contributed by atoms with Crippen molar-refractivity contribution in [2.45, 2.75) is 31.5 Å². The van der Waals surface area contributed by atoms with Gasteiger partial charge in [-0.25, -0.2) is 0 Å². The Bertz CT molecular complexity index is 583. The standard InChI is InChI=1S/C17H17BrO2/c18-13-7-9-15-16(19)11-14(20-17(15)10-13)8-6-12-4-2-1-3-5-12/h1-5,7,9-10,14,16,19H,6,8,11H2. The zero-order chi connectivity index (χ0) is 13.9. The Labute approximate surface area is 127 Å². The van der Waals surface area contributed by atoms with Crippen LogP contribution in [0.25, 0.3) is 0 Å². The van der Waals surface area contributed by atoms with Crippen molar-refractivity contribution in [3.05, 3.63) is 64.1 Å². The minimum Gasteiger partial charge on any atom is -0.490 e. The Kier molecular flexibility index (Phi) is 4.08. The third kappa shape index (κ3) is 3.05. The quantitative estimate of drug-likeness (QED) is 0.909. The average molecular weight is 333 g/mol. The van der Waals surface area contributed by atoms with Gasteiger partial charge in [0.25, 0.3) is 0 Å². The highest BCUT2D eigenvalue weighted by Gasteiger charge is 2.26. The molecule has 1 N–H and O–H groups in total. The minimum absolute atomic E-state index is 0.0759. The Morgan fingerprint density at radius 1 is 1.15 bits per heavy atom. The molecule has 3 rings (SSSR count). The smallest absolute Gasteiger partial charge is 0.126 e. The van der Waals surface area contributed by atoms with Crippen molar-refractivity contribution in [1.29, 1.82) is 0 Å². The van der Waals surface area contributed by atoms with Crippen LogP contribution in [0.15, 0.2) is 53.0 Å². The van der Waals surface area contributed by atoms with E-state index in [0.717, 1.165) is 28.6 Å². The zero-order valence-corrected chi connectivity index (χ0v) is 12.7. The predicted molar refractivity (Wildman–Crippen MR) is 82.9 cm³/mol. The highest BCUT2D eigenvalue weighted by molar-refractivity contribution is 9.10. The van der Waals surface area contributed by atoms with Crippen LogP contribution in [-0.2, 0) is 6.42 Å². The maximum Gasteiger partial charge on any atom is 0.126 e. The number of hydrogen-bond donors (Lipinski definition) is 1. The van der Waals surface area contributed by atoms with E-state index < -0.39 is 6.10 Å². The number of rotatable bonds is 3. The summed E-state index contributed by atoms with van der Waals surface area (Å²) in [6, 6.07) is 16.2. The number of ether oxygens (including phenoxy) is 1. The van der Waals surface area contributed by atoms with E-state index in [0.29, 0.717) is 6.42 Å². The van der Waals surface area contributed by atoms with Crippen LogP contribution in [0.2, 0.25) is 0 Å². The highest BCUT2D eigenvalue weighted by atomic mass is 79.9. The first-order chi connectivity index (χ1) is 9.72. The highest BCUT2D eigenvalue weighted by Crippen LogP contribution is 2.37. The molecule has 1 heterocycles. The molecule has 1 aliphatic rings. The van der Waals surface area contributed by atoms with Crippen molar-refractivity contribution < 1.29 is 9.84 Å². The van der Waals surface area contributed by atoms with E-state index in [1.807, 2.05) is 24.3 Å². The molecule has 2 nitrogen and oxygen atoms in total. The lowest BCUT2D eigenvalue weighted by molar-refractivity contribution is 0.0619. The average Bonchev–Trinajstić information content (AvgIpc) is 2.46. The first-order valence-electron chi connectivity index (χ1n) is 6.90. The van der Waals surface area contributed by atoms with Crippen LogP contribution >= 0.6 is 15.9 Å². The summed E-state index contributed by atoms with van der Waals surface area (Å²) in [6.07, 6.45) is 2.22. The van der Waals surface area contributed by atoms with E-state index in [1.165, 1.54) is 5.56 Å². The Morgan fingerprint density at radius 3 is 2.75 bits per heavy atom. The second kappa shape index (κ2) is 5.98. The Hall–Kier alpha value is -1.32. The normalized spacial score (nSPS) is 21.1. The van der Waals surface area contributed by atoms with Crippen LogP contribution in [-0.4, -0.2) is 11.2 Å². The van der Waals surface area contributed by atoms with Crippen LogP contribution in [0, 0.1) is 0 Å². The van der Waals surface area contributed by atoms with Crippen LogP contribution in [0.5, 0.6) is 5.75 Å². The van der Waals surface area contributed by atoms with Crippen molar-refractivity contribution in [2.75, 3.05) is 0 Å². The minimum atomic E-state index is -0.423. The van der Waals surface area contributed by atoms with Gasteiger partial charge in [0.15, 0.2) is 0 Å². The molecule has 0 aliphatic carbocycles. The lowest BCUT2D eigenvalue weighted by atomic mass is 9.95. The molecule has 2 aromatic rings. The van der Waals surface area contributed by atoms with Crippen molar-refractivity contribution in [3.8, 4) is 5.75 Å². The molecule has 0 saturated heterocycles. The van der Waals surface area contributed by atoms with E-state index in [2.05, 4.69) is 40.2 Å². The van der Waals surface area contributed by atoms with Gasteiger partial charge in [0.1, 0.15) is 11.9 Å². The monoisotopic (exact) mass is 332 g/mol. The number of hydrogen-bond acceptors (Lipinski definition) is 2.